The van der Waals surface area contributed by atoms with Gasteiger partial charge in [-0.25, -0.2) is 9.18 Å². The molecule has 0 spiro atoms. The van der Waals surface area contributed by atoms with E-state index in [9.17, 15) is 23.6 Å². The van der Waals surface area contributed by atoms with E-state index in [1.54, 1.807) is 0 Å². The second kappa shape index (κ2) is 7.27. The molecule has 0 aromatic heterocycles. The van der Waals surface area contributed by atoms with Gasteiger partial charge in [0.15, 0.2) is 5.78 Å². The molecular formula is C24H18FNO5. The smallest absolute Gasteiger partial charge is 0.331 e. The number of carbonyl (C=O) groups is 4. The number of nitrogens with zero attached hydrogens (tertiary/aromatic N) is 1. The van der Waals surface area contributed by atoms with Crippen LogP contribution in [-0.2, 0) is 14.4 Å². The summed E-state index contributed by atoms with van der Waals surface area (Å²) in [4.78, 5) is 51.1. The highest BCUT2D eigenvalue weighted by Gasteiger charge is 2.59. The maximum absolute atomic E-state index is 13.0. The van der Waals surface area contributed by atoms with Gasteiger partial charge in [-0.2, -0.15) is 0 Å². The van der Waals surface area contributed by atoms with E-state index in [1.807, 2.05) is 12.2 Å². The molecule has 0 unspecified atom stereocenters. The van der Waals surface area contributed by atoms with Gasteiger partial charge in [-0.1, -0.05) is 12.2 Å². The Morgan fingerprint density at radius 3 is 1.94 bits per heavy atom. The first-order valence-corrected chi connectivity index (χ1v) is 10.1. The third-order valence-electron chi connectivity index (χ3n) is 6.30. The summed E-state index contributed by atoms with van der Waals surface area (Å²) < 4.78 is 18.3. The number of hydrogen-bond acceptors (Lipinski definition) is 5. The second-order valence-corrected chi connectivity index (χ2v) is 8.10. The summed E-state index contributed by atoms with van der Waals surface area (Å²) >= 11 is 0. The molecule has 2 bridgehead atoms. The van der Waals surface area contributed by atoms with E-state index in [0.717, 1.165) is 11.3 Å². The SMILES string of the molecule is O=C(CN1C(=O)[C@@H]2[C@H](C1=O)[C@H]1C=C[C@H]2C1)Oc1ccc(C(=O)c2ccc(F)cc2)cc1. The van der Waals surface area contributed by atoms with E-state index in [1.165, 1.54) is 48.5 Å². The lowest BCUT2D eigenvalue weighted by Gasteiger charge is -2.16. The van der Waals surface area contributed by atoms with Crippen molar-refractivity contribution in [2.24, 2.45) is 23.7 Å². The minimum absolute atomic E-state index is 0.0821. The van der Waals surface area contributed by atoms with Gasteiger partial charge in [-0.15, -0.1) is 0 Å². The van der Waals surface area contributed by atoms with Crippen LogP contribution in [0.3, 0.4) is 0 Å². The number of ether oxygens (including phenoxy) is 1. The summed E-state index contributed by atoms with van der Waals surface area (Å²) in [7, 11) is 0. The maximum atomic E-state index is 13.0. The molecule has 6 nitrogen and oxygen atoms in total. The summed E-state index contributed by atoms with van der Waals surface area (Å²) in [6, 6.07) is 11.1. The zero-order valence-corrected chi connectivity index (χ0v) is 16.4. The number of likely N-dealkylation sites (tertiary alicyclic amines) is 1. The molecule has 2 aromatic rings. The number of benzene rings is 2. The zero-order chi connectivity index (χ0) is 21.7. The number of fused-ring (bicyclic) bond motifs is 5. The average Bonchev–Trinajstić information content (AvgIpc) is 3.45. The van der Waals surface area contributed by atoms with Crippen LogP contribution in [0, 0.1) is 29.5 Å². The van der Waals surface area contributed by atoms with Crippen molar-refractivity contribution < 1.29 is 28.3 Å². The van der Waals surface area contributed by atoms with E-state index in [2.05, 4.69) is 0 Å². The molecule has 2 aromatic carbocycles. The van der Waals surface area contributed by atoms with Crippen LogP contribution in [0.15, 0.2) is 60.7 Å². The van der Waals surface area contributed by atoms with Crippen LogP contribution in [-0.4, -0.2) is 35.0 Å². The molecule has 3 aliphatic rings. The van der Waals surface area contributed by atoms with E-state index in [4.69, 9.17) is 4.74 Å². The van der Waals surface area contributed by atoms with Crippen LogP contribution in [0.4, 0.5) is 4.39 Å². The predicted octanol–water partition coefficient (Wildman–Crippen LogP) is 2.77. The predicted molar refractivity (Wildman–Crippen MR) is 106 cm³/mol. The number of hydrogen-bond donors (Lipinski definition) is 0. The van der Waals surface area contributed by atoms with Crippen molar-refractivity contribution in [3.05, 3.63) is 77.6 Å². The van der Waals surface area contributed by atoms with Crippen molar-refractivity contribution in [1.82, 2.24) is 4.90 Å². The Balaban J connectivity index is 1.22. The van der Waals surface area contributed by atoms with Crippen LogP contribution in [0.25, 0.3) is 0 Å². The molecule has 2 aliphatic carbocycles. The molecule has 1 heterocycles. The molecule has 7 heteroatoms. The van der Waals surface area contributed by atoms with Crippen molar-refractivity contribution in [3.8, 4) is 5.75 Å². The Kier molecular flexibility index (Phi) is 4.54. The van der Waals surface area contributed by atoms with Gasteiger partial charge in [0.2, 0.25) is 11.8 Å². The fourth-order valence-electron chi connectivity index (χ4n) is 4.86. The summed E-state index contributed by atoms with van der Waals surface area (Å²) in [5.41, 5.74) is 0.693. The first kappa shape index (κ1) is 19.4. The van der Waals surface area contributed by atoms with Crippen LogP contribution in [0.5, 0.6) is 5.75 Å². The molecule has 156 valence electrons. The lowest BCUT2D eigenvalue weighted by molar-refractivity contribution is -0.148. The fraction of sp³-hybridized carbons (Fsp3) is 0.250. The zero-order valence-electron chi connectivity index (χ0n) is 16.4. The summed E-state index contributed by atoms with van der Waals surface area (Å²) in [5, 5.41) is 0. The van der Waals surface area contributed by atoms with E-state index < -0.39 is 18.3 Å². The third kappa shape index (κ3) is 3.26. The quantitative estimate of drug-likeness (QED) is 0.245. The molecule has 2 amide bonds. The summed E-state index contributed by atoms with van der Waals surface area (Å²) in [6.45, 7) is -0.430. The highest BCUT2D eigenvalue weighted by atomic mass is 19.1. The highest BCUT2D eigenvalue weighted by Crippen LogP contribution is 2.52. The van der Waals surface area contributed by atoms with Gasteiger partial charge in [0.25, 0.3) is 0 Å². The van der Waals surface area contributed by atoms with Crippen molar-refractivity contribution in [1.29, 1.82) is 0 Å². The second-order valence-electron chi connectivity index (χ2n) is 8.10. The highest BCUT2D eigenvalue weighted by molar-refractivity contribution is 6.09. The molecule has 4 atom stereocenters. The van der Waals surface area contributed by atoms with Gasteiger partial charge in [0.05, 0.1) is 11.8 Å². The molecule has 0 N–H and O–H groups in total. The Morgan fingerprint density at radius 2 is 1.39 bits per heavy atom. The third-order valence-corrected chi connectivity index (χ3v) is 6.30. The van der Waals surface area contributed by atoms with Crippen molar-refractivity contribution in [2.75, 3.05) is 6.54 Å². The Hall–Kier alpha value is -3.61. The summed E-state index contributed by atoms with van der Waals surface area (Å²) in [6.07, 6.45) is 4.81. The number of allylic oxidation sites excluding steroid dienone is 2. The van der Waals surface area contributed by atoms with E-state index >= 15 is 0 Å². The number of amides is 2. The minimum Gasteiger partial charge on any atom is -0.425 e. The van der Waals surface area contributed by atoms with Crippen molar-refractivity contribution in [3.63, 3.8) is 0 Å². The Labute approximate surface area is 177 Å². The fourth-order valence-corrected chi connectivity index (χ4v) is 4.86. The van der Waals surface area contributed by atoms with Gasteiger partial charge >= 0.3 is 5.97 Å². The number of ketones is 1. The number of esters is 1. The first-order valence-electron chi connectivity index (χ1n) is 10.1. The van der Waals surface area contributed by atoms with E-state index in [-0.39, 0.29) is 47.0 Å². The van der Waals surface area contributed by atoms with Gasteiger partial charge in [0.1, 0.15) is 18.1 Å². The normalized spacial score (nSPS) is 25.8. The number of rotatable bonds is 5. The largest absolute Gasteiger partial charge is 0.425 e. The van der Waals surface area contributed by atoms with Gasteiger partial charge < -0.3 is 4.74 Å². The summed E-state index contributed by atoms with van der Waals surface area (Å²) in [5.74, 6) is -2.40. The Bertz CT molecular complexity index is 1090. The van der Waals surface area contributed by atoms with Crippen LogP contribution in [0.1, 0.15) is 22.3 Å². The molecule has 0 radical (unpaired) electrons. The molecule has 1 saturated carbocycles. The van der Waals surface area contributed by atoms with Gasteiger partial charge in [-0.05, 0) is 66.8 Å². The van der Waals surface area contributed by atoms with Crippen LogP contribution >= 0.6 is 0 Å². The lowest BCUT2D eigenvalue weighted by Crippen LogP contribution is -2.38. The number of halogens is 1. The van der Waals surface area contributed by atoms with E-state index in [0.29, 0.717) is 11.1 Å². The van der Waals surface area contributed by atoms with Crippen molar-refractivity contribution >= 4 is 23.6 Å². The lowest BCUT2D eigenvalue weighted by atomic mass is 9.85. The molecule has 31 heavy (non-hydrogen) atoms. The molecule has 2 fully saturated rings. The molecule has 1 saturated heterocycles. The minimum atomic E-state index is -0.723. The molecular weight excluding hydrogens is 401 g/mol. The first-order chi connectivity index (χ1) is 14.9. The maximum Gasteiger partial charge on any atom is 0.331 e. The van der Waals surface area contributed by atoms with Crippen molar-refractivity contribution in [2.45, 2.75) is 6.42 Å². The van der Waals surface area contributed by atoms with Crippen LogP contribution in [0.2, 0.25) is 0 Å². The molecule has 5 rings (SSSR count). The average molecular weight is 419 g/mol. The van der Waals surface area contributed by atoms with Crippen LogP contribution < -0.4 is 4.74 Å². The molecule has 1 aliphatic heterocycles. The van der Waals surface area contributed by atoms with Gasteiger partial charge in [0, 0.05) is 11.1 Å². The Morgan fingerprint density at radius 1 is 0.871 bits per heavy atom. The topological polar surface area (TPSA) is 80.8 Å². The van der Waals surface area contributed by atoms with Gasteiger partial charge in [-0.3, -0.25) is 19.3 Å². The standard InChI is InChI=1S/C24H18FNO5/c25-17-7-3-13(4-8-17)22(28)14-5-9-18(10-6-14)31-19(27)12-26-23(29)20-15-1-2-16(11-15)21(20)24(26)30/h1-10,15-16,20-21H,11-12H2/t15-,16-,20-,21+/m0/s1. The monoisotopic (exact) mass is 419 g/mol. The number of imide groups is 1. The number of carbonyl (C=O) groups excluding carboxylic acids is 4.